The predicted molar refractivity (Wildman–Crippen MR) is 121 cm³/mol. The molecule has 0 bridgehead atoms. The molecular weight excluding hydrogens is 388 g/mol. The summed E-state index contributed by atoms with van der Waals surface area (Å²) in [5.41, 5.74) is 2.76. The van der Waals surface area contributed by atoms with Crippen LogP contribution in [0.15, 0.2) is 72.9 Å². The molecule has 1 saturated heterocycles. The van der Waals surface area contributed by atoms with Crippen molar-refractivity contribution in [2.45, 2.75) is 13.1 Å². The van der Waals surface area contributed by atoms with Crippen molar-refractivity contribution in [3.8, 4) is 11.6 Å². The van der Waals surface area contributed by atoms with Crippen LogP contribution in [0.1, 0.15) is 21.5 Å². The van der Waals surface area contributed by atoms with Gasteiger partial charge in [-0.25, -0.2) is 4.98 Å². The molecule has 3 aromatic rings. The quantitative estimate of drug-likeness (QED) is 0.638. The van der Waals surface area contributed by atoms with Crippen LogP contribution in [-0.2, 0) is 13.1 Å². The monoisotopic (exact) mass is 416 g/mol. The van der Waals surface area contributed by atoms with E-state index in [-0.39, 0.29) is 5.91 Å². The smallest absolute Gasteiger partial charge is 0.257 e. The fourth-order valence-electron chi connectivity index (χ4n) is 3.62. The summed E-state index contributed by atoms with van der Waals surface area (Å²) in [4.78, 5) is 21.9. The van der Waals surface area contributed by atoms with Gasteiger partial charge in [0.1, 0.15) is 11.3 Å². The van der Waals surface area contributed by atoms with Crippen molar-refractivity contribution in [2.24, 2.45) is 0 Å². The molecule has 1 N–H and O–H groups in total. The average Bonchev–Trinajstić information content (AvgIpc) is 2.80. The van der Waals surface area contributed by atoms with Crippen LogP contribution < -0.4 is 10.1 Å². The summed E-state index contributed by atoms with van der Waals surface area (Å²) < 4.78 is 5.81. The van der Waals surface area contributed by atoms with E-state index in [0.29, 0.717) is 23.7 Å². The van der Waals surface area contributed by atoms with Gasteiger partial charge in [0.2, 0.25) is 5.88 Å². The lowest BCUT2D eigenvalue weighted by molar-refractivity contribution is 0.0948. The van der Waals surface area contributed by atoms with E-state index >= 15 is 0 Å². The number of hydrogen-bond donors (Lipinski definition) is 1. The maximum Gasteiger partial charge on any atom is 0.257 e. The Kier molecular flexibility index (Phi) is 6.92. The highest BCUT2D eigenvalue weighted by Crippen LogP contribution is 2.22. The van der Waals surface area contributed by atoms with Gasteiger partial charge in [-0.3, -0.25) is 9.69 Å². The van der Waals surface area contributed by atoms with Gasteiger partial charge in [-0.15, -0.1) is 0 Å². The molecule has 2 aromatic carbocycles. The molecule has 160 valence electrons. The van der Waals surface area contributed by atoms with E-state index in [1.165, 1.54) is 5.56 Å². The largest absolute Gasteiger partial charge is 0.438 e. The molecule has 0 spiro atoms. The van der Waals surface area contributed by atoms with Crippen LogP contribution in [0.4, 0.5) is 0 Å². The Balaban J connectivity index is 1.37. The van der Waals surface area contributed by atoms with Gasteiger partial charge in [0.05, 0.1) is 0 Å². The fraction of sp³-hybridized carbons (Fsp3) is 0.280. The van der Waals surface area contributed by atoms with Gasteiger partial charge in [-0.1, -0.05) is 42.5 Å². The average molecular weight is 417 g/mol. The second kappa shape index (κ2) is 10.2. The van der Waals surface area contributed by atoms with Crippen LogP contribution in [0.3, 0.4) is 0 Å². The lowest BCUT2D eigenvalue weighted by Gasteiger charge is -2.32. The zero-order valence-corrected chi connectivity index (χ0v) is 17.8. The number of carbonyl (C=O) groups is 1. The second-order valence-electron chi connectivity index (χ2n) is 7.85. The minimum absolute atomic E-state index is 0.205. The molecule has 1 aromatic heterocycles. The van der Waals surface area contributed by atoms with Crippen molar-refractivity contribution in [2.75, 3.05) is 33.2 Å². The summed E-state index contributed by atoms with van der Waals surface area (Å²) >= 11 is 0. The highest BCUT2D eigenvalue weighted by atomic mass is 16.5. The number of para-hydroxylation sites is 1. The van der Waals surface area contributed by atoms with Crippen LogP contribution in [0.2, 0.25) is 0 Å². The molecule has 31 heavy (non-hydrogen) atoms. The van der Waals surface area contributed by atoms with E-state index < -0.39 is 0 Å². The van der Waals surface area contributed by atoms with E-state index in [0.717, 1.165) is 38.3 Å². The molecular formula is C25H28N4O2. The Hall–Kier alpha value is -3.22. The molecule has 4 rings (SSSR count). The summed E-state index contributed by atoms with van der Waals surface area (Å²) in [5, 5.41) is 3.00. The SMILES string of the molecule is CN1CCN(Cc2cccc(CNC(=O)c3cccnc3Oc3ccccc3)c2)CC1. The van der Waals surface area contributed by atoms with Crippen LogP contribution in [0.25, 0.3) is 0 Å². The van der Waals surface area contributed by atoms with Crippen molar-refractivity contribution in [1.82, 2.24) is 20.1 Å². The zero-order valence-electron chi connectivity index (χ0n) is 17.8. The highest BCUT2D eigenvalue weighted by molar-refractivity contribution is 5.96. The number of nitrogens with one attached hydrogen (secondary N) is 1. The minimum Gasteiger partial charge on any atom is -0.438 e. The number of nitrogens with zero attached hydrogens (tertiary/aromatic N) is 3. The first-order valence-corrected chi connectivity index (χ1v) is 10.6. The molecule has 6 heteroatoms. The summed E-state index contributed by atoms with van der Waals surface area (Å²) in [6, 6.07) is 21.2. The predicted octanol–water partition coefficient (Wildman–Crippen LogP) is 3.55. The third kappa shape index (κ3) is 5.90. The first-order chi connectivity index (χ1) is 15.2. The number of piperazine rings is 1. The van der Waals surface area contributed by atoms with Gasteiger partial charge in [-0.05, 0) is 42.4 Å². The molecule has 0 unspecified atom stereocenters. The minimum atomic E-state index is -0.205. The van der Waals surface area contributed by atoms with Crippen molar-refractivity contribution in [3.05, 3.63) is 89.6 Å². The number of benzene rings is 2. The fourth-order valence-corrected chi connectivity index (χ4v) is 3.62. The van der Waals surface area contributed by atoms with Crippen molar-refractivity contribution in [3.63, 3.8) is 0 Å². The van der Waals surface area contributed by atoms with Crippen LogP contribution in [0.5, 0.6) is 11.6 Å². The zero-order chi connectivity index (χ0) is 21.5. The highest BCUT2D eigenvalue weighted by Gasteiger charge is 2.15. The van der Waals surface area contributed by atoms with Crippen LogP contribution in [-0.4, -0.2) is 53.9 Å². The number of likely N-dealkylation sites (N-methyl/N-ethyl adjacent to an activating group) is 1. The first-order valence-electron chi connectivity index (χ1n) is 10.6. The van der Waals surface area contributed by atoms with Crippen molar-refractivity contribution in [1.29, 1.82) is 0 Å². The third-order valence-corrected chi connectivity index (χ3v) is 5.42. The Bertz CT molecular complexity index is 1000. The standard InChI is InChI=1S/C25H28N4O2/c1-28-13-15-29(16-14-28)19-21-8-5-7-20(17-21)18-27-24(30)23-11-6-12-26-25(23)31-22-9-3-2-4-10-22/h2-12,17H,13-16,18-19H2,1H3,(H,27,30). The molecule has 2 heterocycles. The van der Waals surface area contributed by atoms with E-state index in [1.807, 2.05) is 36.4 Å². The van der Waals surface area contributed by atoms with Gasteiger partial charge < -0.3 is 15.0 Å². The van der Waals surface area contributed by atoms with Crippen LogP contribution >= 0.6 is 0 Å². The number of carbonyl (C=O) groups excluding carboxylic acids is 1. The number of amides is 1. The molecule has 1 aliphatic heterocycles. The lowest BCUT2D eigenvalue weighted by Crippen LogP contribution is -2.43. The molecule has 1 fully saturated rings. The van der Waals surface area contributed by atoms with Gasteiger partial charge in [0.25, 0.3) is 5.91 Å². The van der Waals surface area contributed by atoms with E-state index in [2.05, 4.69) is 45.3 Å². The van der Waals surface area contributed by atoms with Crippen LogP contribution in [0, 0.1) is 0 Å². The molecule has 1 amide bonds. The summed E-state index contributed by atoms with van der Waals surface area (Å²) in [5.74, 6) is 0.741. The maximum absolute atomic E-state index is 12.8. The van der Waals surface area contributed by atoms with E-state index in [9.17, 15) is 4.79 Å². The lowest BCUT2D eigenvalue weighted by atomic mass is 10.1. The van der Waals surface area contributed by atoms with Gasteiger partial charge in [0, 0.05) is 45.5 Å². The molecule has 6 nitrogen and oxygen atoms in total. The molecule has 0 atom stereocenters. The Morgan fingerprint density at radius 1 is 0.968 bits per heavy atom. The number of ether oxygens (including phenoxy) is 1. The maximum atomic E-state index is 12.8. The molecule has 0 radical (unpaired) electrons. The van der Waals surface area contributed by atoms with Crippen molar-refractivity contribution < 1.29 is 9.53 Å². The Morgan fingerprint density at radius 2 is 1.74 bits per heavy atom. The normalized spacial score (nSPS) is 14.9. The summed E-state index contributed by atoms with van der Waals surface area (Å²) in [7, 11) is 2.17. The second-order valence-corrected chi connectivity index (χ2v) is 7.85. The number of aromatic nitrogens is 1. The van der Waals surface area contributed by atoms with Gasteiger partial charge in [-0.2, -0.15) is 0 Å². The van der Waals surface area contributed by atoms with Gasteiger partial charge >= 0.3 is 0 Å². The number of hydrogen-bond acceptors (Lipinski definition) is 5. The molecule has 0 saturated carbocycles. The van der Waals surface area contributed by atoms with Crippen molar-refractivity contribution >= 4 is 5.91 Å². The Labute approximate surface area is 183 Å². The summed E-state index contributed by atoms with van der Waals surface area (Å²) in [6.07, 6.45) is 1.62. The van der Waals surface area contributed by atoms with Gasteiger partial charge in [0.15, 0.2) is 0 Å². The Morgan fingerprint density at radius 3 is 2.55 bits per heavy atom. The third-order valence-electron chi connectivity index (χ3n) is 5.42. The van der Waals surface area contributed by atoms with E-state index in [4.69, 9.17) is 4.74 Å². The molecule has 0 aliphatic carbocycles. The van der Waals surface area contributed by atoms with E-state index in [1.54, 1.807) is 18.3 Å². The summed E-state index contributed by atoms with van der Waals surface area (Å²) in [6.45, 7) is 5.77. The molecule has 1 aliphatic rings. The number of pyridine rings is 1. The number of rotatable bonds is 7. The first kappa shape index (κ1) is 21.0. The topological polar surface area (TPSA) is 57.7 Å².